The number of hydrogen-bond acceptors (Lipinski definition) is 2. The summed E-state index contributed by atoms with van der Waals surface area (Å²) < 4.78 is 0. The average molecular weight is 185 g/mol. The maximum atomic E-state index is 10.8. The highest BCUT2D eigenvalue weighted by Gasteiger charge is 2.18. The summed E-state index contributed by atoms with van der Waals surface area (Å²) in [5.41, 5.74) is 0. The van der Waals surface area contributed by atoms with E-state index in [1.165, 1.54) is 11.8 Å². The fourth-order valence-corrected chi connectivity index (χ4v) is 0.914. The molecule has 4 heteroatoms. The Hall–Kier alpha value is -1.32. The Bertz CT molecular complexity index is 213. The van der Waals surface area contributed by atoms with E-state index in [0.717, 1.165) is 0 Å². The smallest absolute Gasteiger partial charge is 0.308 e. The van der Waals surface area contributed by atoms with Crippen LogP contribution in [0, 0.1) is 5.92 Å². The van der Waals surface area contributed by atoms with Crippen LogP contribution in [0.15, 0.2) is 12.7 Å². The molecule has 0 fully saturated rings. The van der Waals surface area contributed by atoms with Crippen LogP contribution in [0.4, 0.5) is 0 Å². The fraction of sp³-hybridized carbons (Fsp3) is 0.556. The lowest BCUT2D eigenvalue weighted by molar-refractivity contribution is -0.143. The molecule has 0 rings (SSSR count). The third kappa shape index (κ3) is 4.30. The van der Waals surface area contributed by atoms with E-state index in [1.807, 2.05) is 0 Å². The van der Waals surface area contributed by atoms with E-state index in [1.54, 1.807) is 13.1 Å². The minimum atomic E-state index is -0.895. The minimum absolute atomic E-state index is 0.129. The van der Waals surface area contributed by atoms with Crippen LogP contribution in [-0.4, -0.2) is 35.5 Å². The molecule has 0 unspecified atom stereocenters. The summed E-state index contributed by atoms with van der Waals surface area (Å²) in [6.45, 7) is 5.11. The van der Waals surface area contributed by atoms with Gasteiger partial charge in [0.05, 0.1) is 5.92 Å². The molecule has 0 aromatic heterocycles. The summed E-state index contributed by atoms with van der Waals surface area (Å²) >= 11 is 0. The number of carbonyl (C=O) groups excluding carboxylic acids is 1. The van der Waals surface area contributed by atoms with Gasteiger partial charge < -0.3 is 10.0 Å². The lowest BCUT2D eigenvalue weighted by Crippen LogP contribution is -2.33. The van der Waals surface area contributed by atoms with E-state index in [-0.39, 0.29) is 12.5 Å². The first-order valence-corrected chi connectivity index (χ1v) is 4.04. The Balaban J connectivity index is 4.16. The molecule has 0 saturated heterocycles. The molecule has 1 amide bonds. The predicted molar refractivity (Wildman–Crippen MR) is 49.3 cm³/mol. The van der Waals surface area contributed by atoms with Gasteiger partial charge in [-0.05, 0) is 6.42 Å². The third-order valence-corrected chi connectivity index (χ3v) is 1.83. The molecule has 0 heterocycles. The van der Waals surface area contributed by atoms with Crippen molar-refractivity contribution in [2.45, 2.75) is 13.3 Å². The zero-order valence-corrected chi connectivity index (χ0v) is 7.99. The van der Waals surface area contributed by atoms with Gasteiger partial charge in [-0.1, -0.05) is 6.08 Å². The normalized spacial score (nSPS) is 11.8. The van der Waals surface area contributed by atoms with E-state index >= 15 is 0 Å². The topological polar surface area (TPSA) is 57.6 Å². The standard InChI is InChI=1S/C9H15NO3/c1-4-5-8(9(12)13)6-10(3)7(2)11/h4,8H,1,5-6H2,2-3H3,(H,12,13)/t8-/m0/s1. The van der Waals surface area contributed by atoms with Gasteiger partial charge in [0.2, 0.25) is 5.91 Å². The fourth-order valence-electron chi connectivity index (χ4n) is 0.914. The van der Waals surface area contributed by atoms with Crippen LogP contribution in [0.25, 0.3) is 0 Å². The third-order valence-electron chi connectivity index (χ3n) is 1.83. The molecule has 1 atom stereocenters. The van der Waals surface area contributed by atoms with E-state index in [4.69, 9.17) is 5.11 Å². The first-order valence-electron chi connectivity index (χ1n) is 4.04. The quantitative estimate of drug-likeness (QED) is 0.643. The molecule has 0 aliphatic carbocycles. The van der Waals surface area contributed by atoms with Crippen LogP contribution in [0.5, 0.6) is 0 Å². The van der Waals surface area contributed by atoms with Crippen molar-refractivity contribution in [2.24, 2.45) is 5.92 Å². The Morgan fingerprint density at radius 1 is 1.62 bits per heavy atom. The second-order valence-corrected chi connectivity index (χ2v) is 2.96. The number of carboxylic acid groups (broad SMARTS) is 1. The molecule has 0 bridgehead atoms. The van der Waals surface area contributed by atoms with Gasteiger partial charge in [0.15, 0.2) is 0 Å². The molecule has 0 radical (unpaired) electrons. The Kier molecular flexibility index (Phi) is 4.80. The number of hydrogen-bond donors (Lipinski definition) is 1. The molecule has 0 spiro atoms. The number of nitrogens with zero attached hydrogens (tertiary/aromatic N) is 1. The van der Waals surface area contributed by atoms with Crippen molar-refractivity contribution < 1.29 is 14.7 Å². The van der Waals surface area contributed by atoms with Crippen LogP contribution in [-0.2, 0) is 9.59 Å². The second kappa shape index (κ2) is 5.35. The lowest BCUT2D eigenvalue weighted by atomic mass is 10.1. The van der Waals surface area contributed by atoms with Gasteiger partial charge in [-0.3, -0.25) is 9.59 Å². The number of carbonyl (C=O) groups is 2. The molecule has 1 N–H and O–H groups in total. The zero-order chi connectivity index (χ0) is 10.4. The number of amides is 1. The molecule has 0 aromatic carbocycles. The van der Waals surface area contributed by atoms with Gasteiger partial charge in [-0.15, -0.1) is 6.58 Å². The highest BCUT2D eigenvalue weighted by atomic mass is 16.4. The number of allylic oxidation sites excluding steroid dienone is 1. The zero-order valence-electron chi connectivity index (χ0n) is 7.99. The minimum Gasteiger partial charge on any atom is -0.481 e. The van der Waals surface area contributed by atoms with Crippen LogP contribution >= 0.6 is 0 Å². The first-order chi connectivity index (χ1) is 5.99. The monoisotopic (exact) mass is 185 g/mol. The summed E-state index contributed by atoms with van der Waals surface area (Å²) in [5.74, 6) is -1.57. The lowest BCUT2D eigenvalue weighted by Gasteiger charge is -2.18. The van der Waals surface area contributed by atoms with Crippen molar-refractivity contribution >= 4 is 11.9 Å². The average Bonchev–Trinajstić information content (AvgIpc) is 2.03. The summed E-state index contributed by atoms with van der Waals surface area (Å²) in [4.78, 5) is 22.9. The van der Waals surface area contributed by atoms with E-state index in [9.17, 15) is 9.59 Å². The van der Waals surface area contributed by atoms with Gasteiger partial charge in [0.1, 0.15) is 0 Å². The summed E-state index contributed by atoms with van der Waals surface area (Å²) in [7, 11) is 1.58. The summed E-state index contributed by atoms with van der Waals surface area (Å²) in [6, 6.07) is 0. The molecule has 4 nitrogen and oxygen atoms in total. The van der Waals surface area contributed by atoms with E-state index in [2.05, 4.69) is 6.58 Å². The van der Waals surface area contributed by atoms with Crippen molar-refractivity contribution in [1.82, 2.24) is 4.90 Å². The van der Waals surface area contributed by atoms with Crippen LogP contribution < -0.4 is 0 Å². The van der Waals surface area contributed by atoms with E-state index in [0.29, 0.717) is 6.42 Å². The van der Waals surface area contributed by atoms with Gasteiger partial charge in [0.25, 0.3) is 0 Å². The van der Waals surface area contributed by atoms with Crippen molar-refractivity contribution in [1.29, 1.82) is 0 Å². The van der Waals surface area contributed by atoms with Crippen LogP contribution in [0.2, 0.25) is 0 Å². The van der Waals surface area contributed by atoms with Gasteiger partial charge in [-0.2, -0.15) is 0 Å². The van der Waals surface area contributed by atoms with Gasteiger partial charge in [-0.25, -0.2) is 0 Å². The highest BCUT2D eigenvalue weighted by Crippen LogP contribution is 2.06. The Morgan fingerprint density at radius 2 is 2.15 bits per heavy atom. The molecule has 0 saturated carbocycles. The Labute approximate surface area is 77.8 Å². The molecular formula is C9H15NO3. The molecule has 0 aliphatic rings. The van der Waals surface area contributed by atoms with Crippen LogP contribution in [0.3, 0.4) is 0 Å². The second-order valence-electron chi connectivity index (χ2n) is 2.96. The van der Waals surface area contributed by atoms with Gasteiger partial charge in [0, 0.05) is 20.5 Å². The number of carboxylic acids is 1. The first kappa shape index (κ1) is 11.7. The summed E-state index contributed by atoms with van der Waals surface area (Å²) in [6.07, 6.45) is 1.93. The van der Waals surface area contributed by atoms with Crippen molar-refractivity contribution in [3.05, 3.63) is 12.7 Å². The van der Waals surface area contributed by atoms with Crippen molar-refractivity contribution in [3.63, 3.8) is 0 Å². The van der Waals surface area contributed by atoms with Crippen molar-refractivity contribution in [3.8, 4) is 0 Å². The number of aliphatic carboxylic acids is 1. The molecular weight excluding hydrogens is 170 g/mol. The SMILES string of the molecule is C=CC[C@@H](CN(C)C(C)=O)C(=O)O. The van der Waals surface area contributed by atoms with E-state index < -0.39 is 11.9 Å². The van der Waals surface area contributed by atoms with Gasteiger partial charge >= 0.3 is 5.97 Å². The molecule has 74 valence electrons. The Morgan fingerprint density at radius 3 is 2.46 bits per heavy atom. The van der Waals surface area contributed by atoms with Crippen LogP contribution in [0.1, 0.15) is 13.3 Å². The maximum absolute atomic E-state index is 10.8. The maximum Gasteiger partial charge on any atom is 0.308 e. The molecule has 0 aromatic rings. The largest absolute Gasteiger partial charge is 0.481 e. The highest BCUT2D eigenvalue weighted by molar-refractivity contribution is 5.75. The predicted octanol–water partition coefficient (Wildman–Crippen LogP) is 0.742. The number of rotatable bonds is 5. The molecule has 0 aliphatic heterocycles. The summed E-state index contributed by atoms with van der Waals surface area (Å²) in [5, 5.41) is 8.75. The van der Waals surface area contributed by atoms with Crippen molar-refractivity contribution in [2.75, 3.05) is 13.6 Å². The molecule has 13 heavy (non-hydrogen) atoms.